The Morgan fingerprint density at radius 2 is 2.07 bits per heavy atom. The summed E-state index contributed by atoms with van der Waals surface area (Å²) in [5, 5.41) is 16.8. The summed E-state index contributed by atoms with van der Waals surface area (Å²) in [6.07, 6.45) is 3.22. The third kappa shape index (κ3) is 5.82. The molecule has 2 N–H and O–H groups in total. The highest BCUT2D eigenvalue weighted by molar-refractivity contribution is 5.80. The van der Waals surface area contributed by atoms with Crippen molar-refractivity contribution >= 4 is 11.6 Å². The number of halogens is 2. The molecule has 158 valence electrons. The van der Waals surface area contributed by atoms with Gasteiger partial charge < -0.3 is 10.4 Å². The fourth-order valence-electron chi connectivity index (χ4n) is 3.43. The van der Waals surface area contributed by atoms with Gasteiger partial charge in [0, 0.05) is 37.4 Å². The zero-order valence-corrected chi connectivity index (χ0v) is 16.9. The molecule has 0 aromatic carbocycles. The van der Waals surface area contributed by atoms with Gasteiger partial charge in [-0.05, 0) is 43.0 Å². The number of aliphatic hydroxyl groups excluding tert-OH is 1. The summed E-state index contributed by atoms with van der Waals surface area (Å²) < 4.78 is 28.4. The first-order chi connectivity index (χ1) is 13.8. The van der Waals surface area contributed by atoms with Crippen LogP contribution in [0.3, 0.4) is 0 Å². The van der Waals surface area contributed by atoms with Gasteiger partial charge in [0.05, 0.1) is 12.3 Å². The maximum atomic E-state index is 13.4. The Morgan fingerprint density at radius 1 is 1.34 bits per heavy atom. The van der Waals surface area contributed by atoms with Crippen molar-refractivity contribution < 1.29 is 18.7 Å². The Kier molecular flexibility index (Phi) is 6.62. The van der Waals surface area contributed by atoms with E-state index in [4.69, 9.17) is 0 Å². The average Bonchev–Trinajstić information content (AvgIpc) is 3.17. The lowest BCUT2D eigenvalue weighted by Gasteiger charge is -2.29. The minimum atomic E-state index is -2.58. The fraction of sp³-hybridized carbons (Fsp3) is 0.571. The first-order valence-corrected chi connectivity index (χ1v) is 10.1. The van der Waals surface area contributed by atoms with Crippen molar-refractivity contribution in [2.75, 3.05) is 5.32 Å². The van der Waals surface area contributed by atoms with E-state index in [-0.39, 0.29) is 37.2 Å². The van der Waals surface area contributed by atoms with Crippen LogP contribution in [-0.4, -0.2) is 37.6 Å². The monoisotopic (exact) mass is 406 g/mol. The van der Waals surface area contributed by atoms with E-state index in [1.165, 1.54) is 0 Å². The molecule has 1 fully saturated rings. The normalized spacial score (nSPS) is 16.9. The number of aromatic nitrogens is 3. The highest BCUT2D eigenvalue weighted by Crippen LogP contribution is 2.34. The molecule has 0 unspecified atom stereocenters. The van der Waals surface area contributed by atoms with Gasteiger partial charge in [0.25, 0.3) is 0 Å². The SMILES string of the molecule is CC(C)C(=O)CCc1cc(NC2CCC(F)(F)CC2)nc(-n2ccc(CO)n2)c1. The molecule has 2 aromatic rings. The Bertz CT molecular complexity index is 841. The van der Waals surface area contributed by atoms with E-state index in [1.54, 1.807) is 16.9 Å². The van der Waals surface area contributed by atoms with Crippen molar-refractivity contribution in [3.63, 3.8) is 0 Å². The molecular weight excluding hydrogens is 378 g/mol. The van der Waals surface area contributed by atoms with Gasteiger partial charge in [-0.2, -0.15) is 5.10 Å². The smallest absolute Gasteiger partial charge is 0.248 e. The van der Waals surface area contributed by atoms with E-state index >= 15 is 0 Å². The molecular formula is C21H28F2N4O2. The second-order valence-electron chi connectivity index (χ2n) is 8.02. The lowest BCUT2D eigenvalue weighted by Crippen LogP contribution is -2.32. The number of nitrogens with one attached hydrogen (secondary N) is 1. The quantitative estimate of drug-likeness (QED) is 0.695. The molecule has 0 aliphatic heterocycles. The lowest BCUT2D eigenvalue weighted by atomic mass is 9.92. The predicted molar refractivity (Wildman–Crippen MR) is 106 cm³/mol. The van der Waals surface area contributed by atoms with Crippen LogP contribution in [0.4, 0.5) is 14.6 Å². The van der Waals surface area contributed by atoms with Gasteiger partial charge in [-0.25, -0.2) is 18.4 Å². The average molecular weight is 406 g/mol. The van der Waals surface area contributed by atoms with E-state index < -0.39 is 5.92 Å². The van der Waals surface area contributed by atoms with Crippen molar-refractivity contribution in [1.82, 2.24) is 14.8 Å². The first kappa shape index (κ1) is 21.4. The molecule has 1 aliphatic carbocycles. The predicted octanol–water partition coefficient (Wildman–Crippen LogP) is 3.91. The molecule has 0 bridgehead atoms. The summed E-state index contributed by atoms with van der Waals surface area (Å²) in [6.45, 7) is 3.59. The largest absolute Gasteiger partial charge is 0.390 e. The first-order valence-electron chi connectivity index (χ1n) is 10.1. The molecule has 1 saturated carbocycles. The summed E-state index contributed by atoms with van der Waals surface area (Å²) in [5.74, 6) is -1.26. The number of ketones is 1. The van der Waals surface area contributed by atoms with E-state index in [0.29, 0.717) is 43.0 Å². The molecule has 0 saturated heterocycles. The topological polar surface area (TPSA) is 80.0 Å². The van der Waals surface area contributed by atoms with Crippen molar-refractivity contribution in [2.24, 2.45) is 5.92 Å². The standard InChI is InChI=1S/C21H28F2N4O2/c1-14(2)18(29)4-3-15-11-19(24-16-5-8-21(22,23)9-6-16)25-20(12-15)27-10-7-17(13-28)26-27/h7,10-12,14,16,28H,3-6,8-9,13H2,1-2H3,(H,24,25). The van der Waals surface area contributed by atoms with Crippen LogP contribution in [0.15, 0.2) is 24.4 Å². The number of rotatable bonds is 8. The van der Waals surface area contributed by atoms with E-state index in [9.17, 15) is 18.7 Å². The third-order valence-electron chi connectivity index (χ3n) is 5.29. The van der Waals surface area contributed by atoms with Crippen LogP contribution in [0.25, 0.3) is 5.82 Å². The molecule has 8 heteroatoms. The Hall–Kier alpha value is -2.35. The summed E-state index contributed by atoms with van der Waals surface area (Å²) in [7, 11) is 0. The minimum absolute atomic E-state index is 0.0176. The highest BCUT2D eigenvalue weighted by Gasteiger charge is 2.35. The lowest BCUT2D eigenvalue weighted by molar-refractivity contribution is -0.121. The maximum absolute atomic E-state index is 13.4. The Labute approximate surface area is 169 Å². The van der Waals surface area contributed by atoms with Gasteiger partial charge in [0.1, 0.15) is 11.6 Å². The molecule has 1 aliphatic rings. The van der Waals surface area contributed by atoms with E-state index in [2.05, 4.69) is 15.4 Å². The Morgan fingerprint density at radius 3 is 2.69 bits per heavy atom. The summed E-state index contributed by atoms with van der Waals surface area (Å²) in [4.78, 5) is 16.6. The van der Waals surface area contributed by atoms with Crippen LogP contribution in [0.1, 0.15) is 57.2 Å². The number of pyridine rings is 1. The van der Waals surface area contributed by atoms with Crippen molar-refractivity contribution in [1.29, 1.82) is 0 Å². The number of aryl methyl sites for hydroxylation is 1. The molecule has 6 nitrogen and oxygen atoms in total. The van der Waals surface area contributed by atoms with Gasteiger partial charge in [0.2, 0.25) is 5.92 Å². The zero-order valence-electron chi connectivity index (χ0n) is 16.9. The highest BCUT2D eigenvalue weighted by atomic mass is 19.3. The number of hydrogen-bond donors (Lipinski definition) is 2. The molecule has 0 atom stereocenters. The van der Waals surface area contributed by atoms with Gasteiger partial charge in [-0.15, -0.1) is 0 Å². The van der Waals surface area contributed by atoms with Gasteiger partial charge in [0.15, 0.2) is 5.82 Å². The molecule has 29 heavy (non-hydrogen) atoms. The van der Waals surface area contributed by atoms with Gasteiger partial charge >= 0.3 is 0 Å². The summed E-state index contributed by atoms with van der Waals surface area (Å²) in [5.41, 5.74) is 1.45. The molecule has 2 aromatic heterocycles. The fourth-order valence-corrected chi connectivity index (χ4v) is 3.43. The number of aliphatic hydroxyl groups is 1. The maximum Gasteiger partial charge on any atom is 0.248 e. The second-order valence-corrected chi connectivity index (χ2v) is 8.02. The number of carbonyl (C=O) groups excluding carboxylic acids is 1. The van der Waals surface area contributed by atoms with E-state index in [0.717, 1.165) is 5.56 Å². The molecule has 2 heterocycles. The van der Waals surface area contributed by atoms with E-state index in [1.807, 2.05) is 26.0 Å². The second kappa shape index (κ2) is 8.98. The minimum Gasteiger partial charge on any atom is -0.390 e. The summed E-state index contributed by atoms with van der Waals surface area (Å²) in [6, 6.07) is 5.38. The molecule has 0 amide bonds. The molecule has 0 radical (unpaired) electrons. The van der Waals surface area contributed by atoms with Crippen LogP contribution in [0.5, 0.6) is 0 Å². The van der Waals surface area contributed by atoms with Crippen LogP contribution in [0, 0.1) is 5.92 Å². The number of Topliss-reactive ketones (excluding diaryl/α,β-unsaturated/α-hetero) is 1. The third-order valence-corrected chi connectivity index (χ3v) is 5.29. The molecule has 3 rings (SSSR count). The number of nitrogens with zero attached hydrogens (tertiary/aromatic N) is 3. The number of hydrogen-bond acceptors (Lipinski definition) is 5. The number of anilines is 1. The van der Waals surface area contributed by atoms with Crippen LogP contribution >= 0.6 is 0 Å². The zero-order chi connectivity index (χ0) is 21.0. The van der Waals surface area contributed by atoms with Gasteiger partial charge in [-0.3, -0.25) is 4.79 Å². The number of carbonyl (C=O) groups is 1. The number of alkyl halides is 2. The summed E-state index contributed by atoms with van der Waals surface area (Å²) >= 11 is 0. The van der Waals surface area contributed by atoms with Gasteiger partial charge in [-0.1, -0.05) is 13.8 Å². The van der Waals surface area contributed by atoms with Crippen LogP contribution in [-0.2, 0) is 17.8 Å². The van der Waals surface area contributed by atoms with Crippen LogP contribution in [0.2, 0.25) is 0 Å². The van der Waals surface area contributed by atoms with Crippen LogP contribution < -0.4 is 5.32 Å². The van der Waals surface area contributed by atoms with Crippen molar-refractivity contribution in [3.8, 4) is 5.82 Å². The molecule has 0 spiro atoms. The van der Waals surface area contributed by atoms with Crippen molar-refractivity contribution in [3.05, 3.63) is 35.7 Å². The van der Waals surface area contributed by atoms with Crippen molar-refractivity contribution in [2.45, 2.75) is 70.9 Å². The Balaban J connectivity index is 1.81.